The maximum Gasteiger partial charge on any atom is 0.230 e. The van der Waals surface area contributed by atoms with E-state index in [9.17, 15) is 9.18 Å². The Labute approximate surface area is 133 Å². The van der Waals surface area contributed by atoms with E-state index in [-0.39, 0.29) is 29.0 Å². The maximum atomic E-state index is 13.7. The van der Waals surface area contributed by atoms with Crippen molar-refractivity contribution in [3.05, 3.63) is 46.9 Å². The molecule has 0 bridgehead atoms. The van der Waals surface area contributed by atoms with Gasteiger partial charge >= 0.3 is 0 Å². The molecule has 1 atom stereocenters. The van der Waals surface area contributed by atoms with E-state index < -0.39 is 5.82 Å². The van der Waals surface area contributed by atoms with Crippen LogP contribution in [0.2, 0.25) is 5.02 Å². The first-order valence-corrected chi connectivity index (χ1v) is 7.70. The quantitative estimate of drug-likeness (QED) is 0.909. The molecule has 1 fully saturated rings. The van der Waals surface area contributed by atoms with Crippen molar-refractivity contribution in [2.75, 3.05) is 5.32 Å². The lowest BCUT2D eigenvalue weighted by atomic mass is 10.1. The molecule has 0 spiro atoms. The number of amides is 1. The van der Waals surface area contributed by atoms with Crippen molar-refractivity contribution in [2.45, 2.75) is 32.2 Å². The first-order chi connectivity index (χ1) is 10.6. The topological polar surface area (TPSA) is 46.9 Å². The van der Waals surface area contributed by atoms with Crippen LogP contribution >= 0.6 is 11.6 Å². The van der Waals surface area contributed by atoms with Gasteiger partial charge in [0.05, 0.1) is 18.7 Å². The molecule has 0 saturated heterocycles. The van der Waals surface area contributed by atoms with E-state index in [1.807, 2.05) is 4.68 Å². The van der Waals surface area contributed by atoms with Gasteiger partial charge in [-0.2, -0.15) is 5.10 Å². The van der Waals surface area contributed by atoms with Gasteiger partial charge in [0, 0.05) is 16.7 Å². The van der Waals surface area contributed by atoms with Crippen LogP contribution < -0.4 is 5.32 Å². The predicted molar refractivity (Wildman–Crippen MR) is 83.4 cm³/mol. The zero-order valence-electron chi connectivity index (χ0n) is 12.2. The molecule has 3 rings (SSSR count). The van der Waals surface area contributed by atoms with E-state index in [1.54, 1.807) is 18.3 Å². The number of hydrogen-bond donors (Lipinski definition) is 1. The Morgan fingerprint density at radius 1 is 1.50 bits per heavy atom. The summed E-state index contributed by atoms with van der Waals surface area (Å²) in [4.78, 5) is 12.2. The predicted octanol–water partition coefficient (Wildman–Crippen LogP) is 3.83. The van der Waals surface area contributed by atoms with Gasteiger partial charge in [0.2, 0.25) is 5.91 Å². The van der Waals surface area contributed by atoms with Gasteiger partial charge in [-0.15, -0.1) is 0 Å². The molecule has 1 aliphatic carbocycles. The van der Waals surface area contributed by atoms with E-state index in [0.717, 1.165) is 0 Å². The minimum atomic E-state index is -0.470. The minimum absolute atomic E-state index is 0.103. The Bertz CT molecular complexity index is 676. The van der Waals surface area contributed by atoms with Crippen LogP contribution in [0.3, 0.4) is 0 Å². The molecule has 4 nitrogen and oxygen atoms in total. The number of benzene rings is 1. The molecule has 6 heteroatoms. The summed E-state index contributed by atoms with van der Waals surface area (Å²) in [5.41, 5.74) is 0.211. The largest absolute Gasteiger partial charge is 0.311 e. The van der Waals surface area contributed by atoms with Crippen molar-refractivity contribution < 1.29 is 9.18 Å². The third kappa shape index (κ3) is 3.14. The van der Waals surface area contributed by atoms with Gasteiger partial charge in [-0.05, 0) is 37.8 Å². The van der Waals surface area contributed by atoms with Crippen LogP contribution in [-0.2, 0) is 11.2 Å². The third-order valence-electron chi connectivity index (χ3n) is 4.03. The van der Waals surface area contributed by atoms with E-state index in [0.29, 0.717) is 11.7 Å². The van der Waals surface area contributed by atoms with Gasteiger partial charge in [0.25, 0.3) is 0 Å². The Morgan fingerprint density at radius 3 is 2.95 bits per heavy atom. The maximum absolute atomic E-state index is 13.7. The third-order valence-corrected chi connectivity index (χ3v) is 4.38. The van der Waals surface area contributed by atoms with Crippen LogP contribution in [0, 0.1) is 11.7 Å². The van der Waals surface area contributed by atoms with E-state index in [1.165, 1.54) is 25.0 Å². The first kappa shape index (κ1) is 15.0. The van der Waals surface area contributed by atoms with Crippen molar-refractivity contribution in [1.82, 2.24) is 9.78 Å². The second kappa shape index (κ2) is 6.08. The highest BCUT2D eigenvalue weighted by Crippen LogP contribution is 2.40. The minimum Gasteiger partial charge on any atom is -0.311 e. The van der Waals surface area contributed by atoms with E-state index in [2.05, 4.69) is 17.3 Å². The molecule has 22 heavy (non-hydrogen) atoms. The van der Waals surface area contributed by atoms with Gasteiger partial charge < -0.3 is 5.32 Å². The molecule has 1 unspecified atom stereocenters. The summed E-state index contributed by atoms with van der Waals surface area (Å²) in [6.07, 6.45) is 3.94. The Kier molecular flexibility index (Phi) is 4.16. The van der Waals surface area contributed by atoms with Crippen molar-refractivity contribution in [3.63, 3.8) is 0 Å². The molecule has 0 radical (unpaired) electrons. The number of aromatic nitrogens is 2. The number of nitrogens with one attached hydrogen (secondary N) is 1. The number of halogens is 2. The smallest absolute Gasteiger partial charge is 0.230 e. The van der Waals surface area contributed by atoms with E-state index in [4.69, 9.17) is 11.6 Å². The normalized spacial score (nSPS) is 15.6. The van der Waals surface area contributed by atoms with Crippen LogP contribution in [0.25, 0.3) is 0 Å². The first-order valence-electron chi connectivity index (χ1n) is 7.32. The Hall–Kier alpha value is -1.88. The molecule has 116 valence electrons. The van der Waals surface area contributed by atoms with Crippen LogP contribution in [0.5, 0.6) is 0 Å². The molecule has 1 saturated carbocycles. The highest BCUT2D eigenvalue weighted by molar-refractivity contribution is 6.31. The average molecular weight is 322 g/mol. The molecular formula is C16H17ClFN3O. The van der Waals surface area contributed by atoms with Gasteiger partial charge in [-0.1, -0.05) is 17.7 Å². The Morgan fingerprint density at radius 2 is 2.27 bits per heavy atom. The monoisotopic (exact) mass is 321 g/mol. The second-order valence-electron chi connectivity index (χ2n) is 5.66. The number of carbonyl (C=O) groups is 1. The summed E-state index contributed by atoms with van der Waals surface area (Å²) < 4.78 is 15.5. The van der Waals surface area contributed by atoms with Crippen LogP contribution in [0.15, 0.2) is 30.5 Å². The fourth-order valence-corrected chi connectivity index (χ4v) is 2.79. The van der Waals surface area contributed by atoms with Crippen molar-refractivity contribution in [1.29, 1.82) is 0 Å². The lowest BCUT2D eigenvalue weighted by molar-refractivity contribution is -0.115. The van der Waals surface area contributed by atoms with Gasteiger partial charge in [0.15, 0.2) is 0 Å². The molecule has 1 heterocycles. The molecule has 1 aromatic heterocycles. The van der Waals surface area contributed by atoms with Crippen LogP contribution in [0.1, 0.15) is 31.4 Å². The molecular weight excluding hydrogens is 305 g/mol. The highest BCUT2D eigenvalue weighted by Gasteiger charge is 2.30. The summed E-state index contributed by atoms with van der Waals surface area (Å²) >= 11 is 5.95. The number of rotatable bonds is 5. The average Bonchev–Trinajstić information content (AvgIpc) is 3.23. The highest BCUT2D eigenvalue weighted by atomic mass is 35.5. The summed E-state index contributed by atoms with van der Waals surface area (Å²) in [6.45, 7) is 2.09. The molecule has 1 N–H and O–H groups in total. The molecule has 1 amide bonds. The van der Waals surface area contributed by atoms with Gasteiger partial charge in [-0.3, -0.25) is 4.79 Å². The van der Waals surface area contributed by atoms with Crippen molar-refractivity contribution >= 4 is 23.3 Å². The fourth-order valence-electron chi connectivity index (χ4n) is 2.56. The zero-order chi connectivity index (χ0) is 15.7. The lowest BCUT2D eigenvalue weighted by Crippen LogP contribution is -2.20. The fraction of sp³-hybridized carbons (Fsp3) is 0.375. The molecule has 0 aliphatic heterocycles. The zero-order valence-corrected chi connectivity index (χ0v) is 13.0. The second-order valence-corrected chi connectivity index (χ2v) is 6.07. The lowest BCUT2D eigenvalue weighted by Gasteiger charge is -2.15. The number of anilines is 1. The molecule has 2 aromatic rings. The van der Waals surface area contributed by atoms with Crippen LogP contribution in [0.4, 0.5) is 10.2 Å². The van der Waals surface area contributed by atoms with Gasteiger partial charge in [0.1, 0.15) is 11.6 Å². The summed E-state index contributed by atoms with van der Waals surface area (Å²) in [5.74, 6) is 0.479. The summed E-state index contributed by atoms with van der Waals surface area (Å²) in [7, 11) is 0. The Balaban J connectivity index is 1.71. The SMILES string of the molecule is CC(C1CC1)n1nccc1NC(=O)Cc1c(F)cccc1Cl. The van der Waals surface area contributed by atoms with Crippen LogP contribution in [-0.4, -0.2) is 15.7 Å². The standard InChI is InChI=1S/C16H17ClFN3O/c1-10(11-5-6-11)21-15(7-8-19-21)20-16(22)9-12-13(17)3-2-4-14(12)18/h2-4,7-8,10-11H,5-6,9H2,1H3,(H,20,22). The summed E-state index contributed by atoms with van der Waals surface area (Å²) in [5, 5.41) is 7.33. The number of carbonyl (C=O) groups excluding carboxylic acids is 1. The summed E-state index contributed by atoms with van der Waals surface area (Å²) in [6, 6.07) is 6.40. The van der Waals surface area contributed by atoms with Crippen molar-refractivity contribution in [3.8, 4) is 0 Å². The number of nitrogens with zero attached hydrogens (tertiary/aromatic N) is 2. The van der Waals surface area contributed by atoms with Gasteiger partial charge in [-0.25, -0.2) is 9.07 Å². The van der Waals surface area contributed by atoms with E-state index >= 15 is 0 Å². The molecule has 1 aliphatic rings. The number of hydrogen-bond acceptors (Lipinski definition) is 2. The molecule has 1 aromatic carbocycles. The van der Waals surface area contributed by atoms with Crippen molar-refractivity contribution in [2.24, 2.45) is 5.92 Å².